The molecule has 0 aliphatic heterocycles. The molecule has 0 unspecified atom stereocenters. The van der Waals surface area contributed by atoms with Crippen LogP contribution in [-0.4, -0.2) is 29.5 Å². The van der Waals surface area contributed by atoms with Crippen molar-refractivity contribution < 1.29 is 18.8 Å². The SMILES string of the molecule is COC(=O)c1[nH]cc(C=O)c1-c1conc1C. The van der Waals surface area contributed by atoms with Crippen molar-refractivity contribution in [1.82, 2.24) is 10.1 Å². The number of aromatic nitrogens is 2. The number of methoxy groups -OCH3 is 1. The number of nitrogens with one attached hydrogen (secondary N) is 1. The second kappa shape index (κ2) is 4.25. The second-order valence-electron chi connectivity index (χ2n) is 3.42. The van der Waals surface area contributed by atoms with E-state index in [1.807, 2.05) is 0 Å². The molecule has 2 aromatic rings. The van der Waals surface area contributed by atoms with Gasteiger partial charge >= 0.3 is 5.97 Å². The predicted molar refractivity (Wildman–Crippen MR) is 57.8 cm³/mol. The fourth-order valence-corrected chi connectivity index (χ4v) is 1.62. The Morgan fingerprint density at radius 3 is 2.88 bits per heavy atom. The van der Waals surface area contributed by atoms with Crippen molar-refractivity contribution in [2.45, 2.75) is 6.92 Å². The highest BCUT2D eigenvalue weighted by Gasteiger charge is 2.22. The van der Waals surface area contributed by atoms with Gasteiger partial charge in [-0.25, -0.2) is 4.79 Å². The van der Waals surface area contributed by atoms with Gasteiger partial charge in [-0.3, -0.25) is 4.79 Å². The first-order chi connectivity index (χ1) is 8.19. The Morgan fingerprint density at radius 1 is 1.59 bits per heavy atom. The Hall–Kier alpha value is -2.37. The molecule has 6 heteroatoms. The number of aldehydes is 1. The molecule has 6 nitrogen and oxygen atoms in total. The molecule has 0 atom stereocenters. The van der Waals surface area contributed by atoms with Gasteiger partial charge in [0.05, 0.1) is 12.8 Å². The normalized spacial score (nSPS) is 10.2. The van der Waals surface area contributed by atoms with Crippen LogP contribution in [0.2, 0.25) is 0 Å². The van der Waals surface area contributed by atoms with Gasteiger partial charge in [-0.2, -0.15) is 0 Å². The van der Waals surface area contributed by atoms with E-state index in [1.165, 1.54) is 19.6 Å². The summed E-state index contributed by atoms with van der Waals surface area (Å²) in [7, 11) is 1.27. The van der Waals surface area contributed by atoms with Crippen molar-refractivity contribution >= 4 is 12.3 Å². The Morgan fingerprint density at radius 2 is 2.35 bits per heavy atom. The van der Waals surface area contributed by atoms with E-state index in [1.54, 1.807) is 6.92 Å². The molecule has 0 bridgehead atoms. The lowest BCUT2D eigenvalue weighted by Gasteiger charge is -2.01. The quantitative estimate of drug-likeness (QED) is 0.643. The molecular weight excluding hydrogens is 224 g/mol. The second-order valence-corrected chi connectivity index (χ2v) is 3.42. The molecule has 0 spiro atoms. The van der Waals surface area contributed by atoms with Gasteiger partial charge in [0.1, 0.15) is 12.0 Å². The van der Waals surface area contributed by atoms with E-state index in [9.17, 15) is 9.59 Å². The Kier molecular flexibility index (Phi) is 2.78. The number of aromatic amines is 1. The summed E-state index contributed by atoms with van der Waals surface area (Å²) in [6.07, 6.45) is 3.49. The molecule has 2 heterocycles. The molecular formula is C11H10N2O4. The minimum absolute atomic E-state index is 0.209. The number of aryl methyl sites for hydroxylation is 1. The lowest BCUT2D eigenvalue weighted by Crippen LogP contribution is -2.03. The number of carbonyl (C=O) groups is 2. The zero-order valence-electron chi connectivity index (χ0n) is 9.31. The number of H-pyrrole nitrogens is 1. The number of nitrogens with zero attached hydrogens (tertiary/aromatic N) is 1. The van der Waals surface area contributed by atoms with Crippen LogP contribution in [0.4, 0.5) is 0 Å². The summed E-state index contributed by atoms with van der Waals surface area (Å²) in [6.45, 7) is 1.72. The van der Waals surface area contributed by atoms with Crippen LogP contribution in [0.1, 0.15) is 26.5 Å². The van der Waals surface area contributed by atoms with Crippen molar-refractivity contribution in [3.8, 4) is 11.1 Å². The number of ether oxygens (including phenoxy) is 1. The summed E-state index contributed by atoms with van der Waals surface area (Å²) < 4.78 is 9.44. The maximum absolute atomic E-state index is 11.5. The van der Waals surface area contributed by atoms with Crippen LogP contribution in [0.25, 0.3) is 11.1 Å². The molecule has 0 fully saturated rings. The average molecular weight is 234 g/mol. The zero-order chi connectivity index (χ0) is 12.4. The largest absolute Gasteiger partial charge is 0.464 e. The summed E-state index contributed by atoms with van der Waals surface area (Å²) in [6, 6.07) is 0. The van der Waals surface area contributed by atoms with Crippen molar-refractivity contribution in [2.24, 2.45) is 0 Å². The summed E-state index contributed by atoms with van der Waals surface area (Å²) in [5.74, 6) is -0.548. The van der Waals surface area contributed by atoms with Gasteiger partial charge in [-0.1, -0.05) is 5.16 Å². The van der Waals surface area contributed by atoms with Gasteiger partial charge in [0.2, 0.25) is 0 Å². The molecule has 0 aromatic carbocycles. The molecule has 17 heavy (non-hydrogen) atoms. The fourth-order valence-electron chi connectivity index (χ4n) is 1.62. The summed E-state index contributed by atoms with van der Waals surface area (Å²) in [5, 5.41) is 3.72. The van der Waals surface area contributed by atoms with Crippen LogP contribution in [-0.2, 0) is 4.74 Å². The minimum atomic E-state index is -0.548. The fraction of sp³-hybridized carbons (Fsp3) is 0.182. The van der Waals surface area contributed by atoms with Crippen molar-refractivity contribution in [3.05, 3.63) is 29.4 Å². The van der Waals surface area contributed by atoms with E-state index < -0.39 is 5.97 Å². The zero-order valence-corrected chi connectivity index (χ0v) is 9.31. The molecule has 88 valence electrons. The number of hydrogen-bond acceptors (Lipinski definition) is 5. The first-order valence-corrected chi connectivity index (χ1v) is 4.85. The van der Waals surface area contributed by atoms with Crippen LogP contribution in [0, 0.1) is 6.92 Å². The number of carbonyl (C=O) groups excluding carboxylic acids is 2. The smallest absolute Gasteiger partial charge is 0.355 e. The molecule has 1 N–H and O–H groups in total. The van der Waals surface area contributed by atoms with Crippen molar-refractivity contribution in [3.63, 3.8) is 0 Å². The molecule has 0 saturated heterocycles. The average Bonchev–Trinajstić information content (AvgIpc) is 2.93. The van der Waals surface area contributed by atoms with E-state index in [2.05, 4.69) is 14.9 Å². The maximum atomic E-state index is 11.5. The monoisotopic (exact) mass is 234 g/mol. The highest BCUT2D eigenvalue weighted by atomic mass is 16.5. The summed E-state index contributed by atoms with van der Waals surface area (Å²) in [5.41, 5.74) is 2.20. The summed E-state index contributed by atoms with van der Waals surface area (Å²) in [4.78, 5) is 25.2. The summed E-state index contributed by atoms with van der Waals surface area (Å²) >= 11 is 0. The van der Waals surface area contributed by atoms with Gasteiger partial charge in [-0.05, 0) is 6.92 Å². The third-order valence-corrected chi connectivity index (χ3v) is 2.45. The molecule has 0 aliphatic rings. The maximum Gasteiger partial charge on any atom is 0.355 e. The highest BCUT2D eigenvalue weighted by Crippen LogP contribution is 2.29. The van der Waals surface area contributed by atoms with Crippen LogP contribution in [0.3, 0.4) is 0 Å². The number of hydrogen-bond donors (Lipinski definition) is 1. The lowest BCUT2D eigenvalue weighted by atomic mass is 10.0. The highest BCUT2D eigenvalue weighted by molar-refractivity contribution is 6.01. The molecule has 0 radical (unpaired) electrons. The molecule has 2 aromatic heterocycles. The Balaban J connectivity index is 2.65. The predicted octanol–water partition coefficient (Wildman–Crippen LogP) is 1.58. The molecule has 0 saturated carbocycles. The van der Waals surface area contributed by atoms with Crippen LogP contribution < -0.4 is 0 Å². The first kappa shape index (κ1) is 11.1. The van der Waals surface area contributed by atoms with Gasteiger partial charge in [0, 0.05) is 22.9 Å². The van der Waals surface area contributed by atoms with E-state index in [-0.39, 0.29) is 5.69 Å². The number of rotatable bonds is 3. The molecule has 0 aliphatic carbocycles. The lowest BCUT2D eigenvalue weighted by molar-refractivity contribution is 0.0595. The van der Waals surface area contributed by atoms with Gasteiger partial charge in [0.25, 0.3) is 0 Å². The van der Waals surface area contributed by atoms with E-state index in [4.69, 9.17) is 4.52 Å². The standard InChI is InChI=1S/C11H10N2O4/c1-6-8(5-17-13-6)9-7(4-14)3-12-10(9)11(15)16-2/h3-5,12H,1-2H3. The van der Waals surface area contributed by atoms with Crippen LogP contribution in [0.15, 0.2) is 17.0 Å². The van der Waals surface area contributed by atoms with E-state index in [0.29, 0.717) is 28.7 Å². The van der Waals surface area contributed by atoms with Crippen molar-refractivity contribution in [1.29, 1.82) is 0 Å². The van der Waals surface area contributed by atoms with Crippen molar-refractivity contribution in [2.75, 3.05) is 7.11 Å². The van der Waals surface area contributed by atoms with Crippen LogP contribution in [0.5, 0.6) is 0 Å². The number of esters is 1. The molecule has 0 amide bonds. The Labute approximate surface area is 96.6 Å². The minimum Gasteiger partial charge on any atom is -0.464 e. The molecule has 2 rings (SSSR count). The van der Waals surface area contributed by atoms with Gasteiger partial charge < -0.3 is 14.2 Å². The van der Waals surface area contributed by atoms with E-state index >= 15 is 0 Å². The Bertz CT molecular complexity index is 568. The first-order valence-electron chi connectivity index (χ1n) is 4.85. The topological polar surface area (TPSA) is 85.2 Å². The third kappa shape index (κ3) is 1.73. The van der Waals surface area contributed by atoms with Gasteiger partial charge in [-0.15, -0.1) is 0 Å². The van der Waals surface area contributed by atoms with Gasteiger partial charge in [0.15, 0.2) is 6.29 Å². The van der Waals surface area contributed by atoms with E-state index in [0.717, 1.165) is 0 Å². The third-order valence-electron chi connectivity index (χ3n) is 2.45. The van der Waals surface area contributed by atoms with Crippen LogP contribution >= 0.6 is 0 Å².